The number of carboxylic acid groups (broad SMARTS) is 1. The molecule has 1 aromatic carbocycles. The number of carbonyl (C=O) groups is 1. The van der Waals surface area contributed by atoms with E-state index in [4.69, 9.17) is 10.5 Å². The third kappa shape index (κ3) is 2.35. The van der Waals surface area contributed by atoms with Crippen LogP contribution in [0.3, 0.4) is 0 Å². The Morgan fingerprint density at radius 2 is 2.35 bits per heavy atom. The van der Waals surface area contributed by atoms with Crippen molar-refractivity contribution in [2.24, 2.45) is 5.92 Å². The normalized spacial score (nSPS) is 22.6. The zero-order chi connectivity index (χ0) is 12.4. The molecule has 1 heterocycles. The fourth-order valence-electron chi connectivity index (χ4n) is 2.28. The van der Waals surface area contributed by atoms with E-state index in [9.17, 15) is 9.90 Å². The zero-order valence-corrected chi connectivity index (χ0v) is 9.85. The largest absolute Gasteiger partial charge is 0.489 e. The van der Waals surface area contributed by atoms with Gasteiger partial charge < -0.3 is 15.6 Å². The third-order valence-electron chi connectivity index (χ3n) is 3.14. The molecule has 0 radical (unpaired) electrons. The first-order valence-corrected chi connectivity index (χ1v) is 5.89. The third-order valence-corrected chi connectivity index (χ3v) is 3.14. The van der Waals surface area contributed by atoms with E-state index in [0.29, 0.717) is 12.1 Å². The number of anilines is 1. The Morgan fingerprint density at radius 1 is 1.59 bits per heavy atom. The van der Waals surface area contributed by atoms with Crippen LogP contribution in [0.4, 0.5) is 5.69 Å². The summed E-state index contributed by atoms with van der Waals surface area (Å²) >= 11 is 0. The maximum Gasteiger partial charge on any atom is 0.310 e. The van der Waals surface area contributed by atoms with Crippen LogP contribution < -0.4 is 10.5 Å². The summed E-state index contributed by atoms with van der Waals surface area (Å²) in [6, 6.07) is 5.40. The number of rotatable bonds is 3. The molecule has 1 aliphatic heterocycles. The van der Waals surface area contributed by atoms with Crippen molar-refractivity contribution in [3.63, 3.8) is 0 Å². The minimum Gasteiger partial charge on any atom is -0.489 e. The number of fused-ring (bicyclic) bond motifs is 1. The Balaban J connectivity index is 2.29. The number of benzene rings is 1. The topological polar surface area (TPSA) is 72.5 Å². The Hall–Kier alpha value is -1.71. The summed E-state index contributed by atoms with van der Waals surface area (Å²) in [5.41, 5.74) is 7.23. The van der Waals surface area contributed by atoms with Crippen LogP contribution in [0.5, 0.6) is 5.75 Å². The molecule has 17 heavy (non-hydrogen) atoms. The average molecular weight is 235 g/mol. The summed E-state index contributed by atoms with van der Waals surface area (Å²) < 4.78 is 5.76. The molecular formula is C13H17NO3. The molecule has 4 heteroatoms. The van der Waals surface area contributed by atoms with Gasteiger partial charge in [-0.25, -0.2) is 0 Å². The Labute approximate surface area is 100 Å². The van der Waals surface area contributed by atoms with Crippen molar-refractivity contribution in [1.82, 2.24) is 0 Å². The van der Waals surface area contributed by atoms with Crippen LogP contribution in [0.15, 0.2) is 18.2 Å². The minimum atomic E-state index is -0.795. The molecule has 2 rings (SSSR count). The quantitative estimate of drug-likeness (QED) is 0.787. The Bertz CT molecular complexity index is 431. The smallest absolute Gasteiger partial charge is 0.310 e. The van der Waals surface area contributed by atoms with Gasteiger partial charge in [0.2, 0.25) is 0 Å². The Kier molecular flexibility index (Phi) is 3.22. The van der Waals surface area contributed by atoms with Gasteiger partial charge in [-0.05, 0) is 36.6 Å². The van der Waals surface area contributed by atoms with Crippen LogP contribution in [-0.4, -0.2) is 17.2 Å². The van der Waals surface area contributed by atoms with Gasteiger partial charge in [0.25, 0.3) is 0 Å². The molecule has 92 valence electrons. The second-order valence-electron chi connectivity index (χ2n) is 4.46. The molecule has 0 fully saturated rings. The summed E-state index contributed by atoms with van der Waals surface area (Å²) in [6.07, 6.45) is 1.95. The number of hydrogen-bond donors (Lipinski definition) is 2. The van der Waals surface area contributed by atoms with E-state index in [1.165, 1.54) is 0 Å². The molecule has 0 saturated carbocycles. The van der Waals surface area contributed by atoms with E-state index in [0.717, 1.165) is 24.2 Å². The van der Waals surface area contributed by atoms with Gasteiger partial charge in [0.15, 0.2) is 0 Å². The minimum absolute atomic E-state index is 0.228. The zero-order valence-electron chi connectivity index (χ0n) is 9.85. The van der Waals surface area contributed by atoms with Crippen LogP contribution in [-0.2, 0) is 11.2 Å². The first-order chi connectivity index (χ1) is 8.11. The van der Waals surface area contributed by atoms with Crippen molar-refractivity contribution in [1.29, 1.82) is 0 Å². The predicted octanol–water partition coefficient (Wildman–Crippen LogP) is 2.07. The highest BCUT2D eigenvalue weighted by Crippen LogP contribution is 2.33. The Morgan fingerprint density at radius 3 is 3.00 bits per heavy atom. The molecule has 1 aliphatic rings. The lowest BCUT2D eigenvalue weighted by Gasteiger charge is -2.31. The molecule has 0 bridgehead atoms. The molecule has 0 saturated heterocycles. The molecule has 0 aromatic heterocycles. The van der Waals surface area contributed by atoms with E-state index < -0.39 is 11.9 Å². The van der Waals surface area contributed by atoms with Crippen molar-refractivity contribution in [3.05, 3.63) is 23.8 Å². The molecule has 2 atom stereocenters. The molecule has 0 aliphatic carbocycles. The lowest BCUT2D eigenvalue weighted by atomic mass is 9.88. The summed E-state index contributed by atoms with van der Waals surface area (Å²) in [7, 11) is 0. The highest BCUT2D eigenvalue weighted by atomic mass is 16.5. The number of nitrogens with two attached hydrogens (primary N) is 1. The fraction of sp³-hybridized carbons (Fsp3) is 0.462. The maximum absolute atomic E-state index is 11.2. The van der Waals surface area contributed by atoms with Gasteiger partial charge in [-0.2, -0.15) is 0 Å². The van der Waals surface area contributed by atoms with E-state index >= 15 is 0 Å². The fourth-order valence-corrected chi connectivity index (χ4v) is 2.28. The van der Waals surface area contributed by atoms with E-state index in [1.54, 1.807) is 12.1 Å². The lowest BCUT2D eigenvalue weighted by molar-refractivity contribution is -0.145. The number of carboxylic acids is 1. The highest BCUT2D eigenvalue weighted by Gasteiger charge is 2.34. The maximum atomic E-state index is 11.2. The van der Waals surface area contributed by atoms with Crippen LogP contribution >= 0.6 is 0 Å². The highest BCUT2D eigenvalue weighted by molar-refractivity contribution is 5.72. The average Bonchev–Trinajstić information content (AvgIpc) is 2.28. The molecule has 0 spiro atoms. The second-order valence-corrected chi connectivity index (χ2v) is 4.46. The summed E-state index contributed by atoms with van der Waals surface area (Å²) in [5, 5.41) is 9.22. The summed E-state index contributed by atoms with van der Waals surface area (Å²) in [6.45, 7) is 2.03. The number of nitrogen functional groups attached to an aromatic ring is 1. The van der Waals surface area contributed by atoms with Crippen molar-refractivity contribution in [2.75, 3.05) is 5.73 Å². The van der Waals surface area contributed by atoms with Crippen molar-refractivity contribution < 1.29 is 14.6 Å². The van der Waals surface area contributed by atoms with Gasteiger partial charge in [0.05, 0.1) is 5.92 Å². The van der Waals surface area contributed by atoms with Gasteiger partial charge in [0.1, 0.15) is 11.9 Å². The molecular weight excluding hydrogens is 218 g/mol. The second kappa shape index (κ2) is 4.65. The van der Waals surface area contributed by atoms with Gasteiger partial charge in [-0.1, -0.05) is 13.3 Å². The molecule has 4 nitrogen and oxygen atoms in total. The van der Waals surface area contributed by atoms with Crippen molar-refractivity contribution >= 4 is 11.7 Å². The monoisotopic (exact) mass is 235 g/mol. The molecule has 1 aromatic rings. The van der Waals surface area contributed by atoms with Crippen LogP contribution in [0, 0.1) is 5.92 Å². The van der Waals surface area contributed by atoms with Crippen LogP contribution in [0.1, 0.15) is 25.3 Å². The number of aliphatic carboxylic acids is 1. The van der Waals surface area contributed by atoms with Gasteiger partial charge in [-0.15, -0.1) is 0 Å². The summed E-state index contributed by atoms with van der Waals surface area (Å²) in [5.74, 6) is -0.490. The molecule has 0 amide bonds. The van der Waals surface area contributed by atoms with E-state index in [1.807, 2.05) is 13.0 Å². The first-order valence-electron chi connectivity index (χ1n) is 5.89. The van der Waals surface area contributed by atoms with Crippen LogP contribution in [0.2, 0.25) is 0 Å². The standard InChI is InChI=1S/C13H17NO3/c1-2-3-12-10(13(15)16)7-8-6-9(14)4-5-11(8)17-12/h4-6,10,12H,2-3,7,14H2,1H3,(H,15,16). The van der Waals surface area contributed by atoms with Crippen LogP contribution in [0.25, 0.3) is 0 Å². The summed E-state index contributed by atoms with van der Waals surface area (Å²) in [4.78, 5) is 11.2. The number of hydrogen-bond acceptors (Lipinski definition) is 3. The SMILES string of the molecule is CCCC1Oc2ccc(N)cc2CC1C(=O)O. The van der Waals surface area contributed by atoms with E-state index in [2.05, 4.69) is 0 Å². The van der Waals surface area contributed by atoms with E-state index in [-0.39, 0.29) is 6.10 Å². The predicted molar refractivity (Wildman–Crippen MR) is 65.0 cm³/mol. The first kappa shape index (κ1) is 11.8. The van der Waals surface area contributed by atoms with Gasteiger partial charge in [0, 0.05) is 5.69 Å². The van der Waals surface area contributed by atoms with Crippen molar-refractivity contribution in [3.8, 4) is 5.75 Å². The molecule has 2 unspecified atom stereocenters. The number of ether oxygens (including phenoxy) is 1. The van der Waals surface area contributed by atoms with Gasteiger partial charge >= 0.3 is 5.97 Å². The van der Waals surface area contributed by atoms with Gasteiger partial charge in [-0.3, -0.25) is 4.79 Å². The molecule has 3 N–H and O–H groups in total. The lowest BCUT2D eigenvalue weighted by Crippen LogP contribution is -2.38. The van der Waals surface area contributed by atoms with Crippen molar-refractivity contribution in [2.45, 2.75) is 32.3 Å².